The van der Waals surface area contributed by atoms with Gasteiger partial charge in [-0.1, -0.05) is 28.1 Å². The first-order valence-electron chi connectivity index (χ1n) is 8.51. The van der Waals surface area contributed by atoms with Crippen molar-refractivity contribution in [3.63, 3.8) is 0 Å². The summed E-state index contributed by atoms with van der Waals surface area (Å²) in [5, 5.41) is 0. The molecule has 1 heterocycles. The van der Waals surface area contributed by atoms with E-state index in [1.165, 1.54) is 0 Å². The second-order valence-corrected chi connectivity index (χ2v) is 6.93. The van der Waals surface area contributed by atoms with E-state index in [2.05, 4.69) is 28.1 Å². The first-order chi connectivity index (χ1) is 12.1. The Morgan fingerprint density at radius 2 is 2.08 bits per heavy atom. The molecule has 0 radical (unpaired) electrons. The summed E-state index contributed by atoms with van der Waals surface area (Å²) in [6.07, 6.45) is 1.99. The molecular formula is C20H22BrNO3. The molecule has 132 valence electrons. The minimum atomic E-state index is 0.0313. The van der Waals surface area contributed by atoms with Gasteiger partial charge in [0.2, 0.25) is 0 Å². The predicted octanol–water partition coefficient (Wildman–Crippen LogP) is 4.83. The molecule has 0 spiro atoms. The van der Waals surface area contributed by atoms with Crippen molar-refractivity contribution < 1.29 is 14.3 Å². The average Bonchev–Trinajstić information content (AvgIpc) is 3.11. The van der Waals surface area contributed by atoms with Crippen molar-refractivity contribution in [1.82, 2.24) is 4.90 Å². The summed E-state index contributed by atoms with van der Waals surface area (Å²) in [6.45, 7) is 3.25. The van der Waals surface area contributed by atoms with Gasteiger partial charge < -0.3 is 14.4 Å². The molecule has 5 heteroatoms. The smallest absolute Gasteiger partial charge is 0.254 e. The maximum Gasteiger partial charge on any atom is 0.254 e. The number of halogens is 1. The lowest BCUT2D eigenvalue weighted by Crippen LogP contribution is -2.30. The summed E-state index contributed by atoms with van der Waals surface area (Å²) < 4.78 is 11.9. The van der Waals surface area contributed by atoms with Crippen LogP contribution in [0.3, 0.4) is 0 Å². The predicted molar refractivity (Wildman–Crippen MR) is 101 cm³/mol. The average molecular weight is 404 g/mol. The number of hydrogen-bond acceptors (Lipinski definition) is 3. The Morgan fingerprint density at radius 1 is 1.24 bits per heavy atom. The summed E-state index contributed by atoms with van der Waals surface area (Å²) in [5.41, 5.74) is 1.79. The van der Waals surface area contributed by atoms with Gasteiger partial charge >= 0.3 is 0 Å². The third-order valence-electron chi connectivity index (χ3n) is 4.46. The van der Waals surface area contributed by atoms with Crippen LogP contribution in [-0.4, -0.2) is 31.1 Å². The number of methoxy groups -OCH3 is 1. The Balaban J connectivity index is 1.86. The highest BCUT2D eigenvalue weighted by Gasteiger charge is 2.31. The molecule has 0 aliphatic carbocycles. The Hall–Kier alpha value is -2.01. The lowest BCUT2D eigenvalue weighted by molar-refractivity contribution is 0.0735. The molecule has 0 aromatic heterocycles. The van der Waals surface area contributed by atoms with Crippen LogP contribution in [0.2, 0.25) is 0 Å². The van der Waals surface area contributed by atoms with E-state index in [9.17, 15) is 4.79 Å². The minimum absolute atomic E-state index is 0.0313. The van der Waals surface area contributed by atoms with Gasteiger partial charge in [-0.15, -0.1) is 0 Å². The number of rotatable bonds is 5. The molecule has 25 heavy (non-hydrogen) atoms. The van der Waals surface area contributed by atoms with Crippen LogP contribution >= 0.6 is 15.9 Å². The third-order valence-corrected chi connectivity index (χ3v) is 4.95. The summed E-state index contributed by atoms with van der Waals surface area (Å²) in [6, 6.07) is 13.7. The highest BCUT2D eigenvalue weighted by Crippen LogP contribution is 2.35. The fourth-order valence-electron chi connectivity index (χ4n) is 3.31. The van der Waals surface area contributed by atoms with Gasteiger partial charge in [0.15, 0.2) is 11.5 Å². The van der Waals surface area contributed by atoms with Crippen molar-refractivity contribution in [2.24, 2.45) is 0 Å². The second-order valence-electron chi connectivity index (χ2n) is 6.01. The van der Waals surface area contributed by atoms with Crippen molar-refractivity contribution in [2.75, 3.05) is 20.3 Å². The van der Waals surface area contributed by atoms with E-state index in [0.717, 1.165) is 29.4 Å². The molecule has 2 aromatic rings. The van der Waals surface area contributed by atoms with Crippen LogP contribution in [0.15, 0.2) is 46.9 Å². The van der Waals surface area contributed by atoms with Crippen molar-refractivity contribution in [3.05, 3.63) is 58.1 Å². The van der Waals surface area contributed by atoms with E-state index >= 15 is 0 Å². The van der Waals surface area contributed by atoms with Gasteiger partial charge in [-0.2, -0.15) is 0 Å². The number of ether oxygens (including phenoxy) is 2. The van der Waals surface area contributed by atoms with Crippen LogP contribution < -0.4 is 9.47 Å². The van der Waals surface area contributed by atoms with Gasteiger partial charge in [0, 0.05) is 16.6 Å². The lowest BCUT2D eigenvalue weighted by Gasteiger charge is -2.25. The van der Waals surface area contributed by atoms with E-state index in [0.29, 0.717) is 23.7 Å². The molecule has 1 aliphatic rings. The fraction of sp³-hybridized carbons (Fsp3) is 0.350. The van der Waals surface area contributed by atoms with Crippen LogP contribution in [0.25, 0.3) is 0 Å². The number of benzene rings is 2. The Bertz CT molecular complexity index is 762. The number of nitrogens with zero attached hydrogens (tertiary/aromatic N) is 1. The zero-order chi connectivity index (χ0) is 17.8. The van der Waals surface area contributed by atoms with E-state index in [1.54, 1.807) is 19.2 Å². The maximum absolute atomic E-state index is 13.1. The summed E-state index contributed by atoms with van der Waals surface area (Å²) in [4.78, 5) is 15.0. The van der Waals surface area contributed by atoms with Gasteiger partial charge in [0.25, 0.3) is 5.91 Å². The molecule has 1 saturated heterocycles. The normalized spacial score (nSPS) is 16.8. The van der Waals surface area contributed by atoms with Gasteiger partial charge in [0.1, 0.15) is 0 Å². The molecule has 4 nitrogen and oxygen atoms in total. The minimum Gasteiger partial charge on any atom is -0.493 e. The molecule has 1 amide bonds. The highest BCUT2D eigenvalue weighted by molar-refractivity contribution is 9.10. The molecule has 3 rings (SSSR count). The standard InChI is InChI=1S/C20H22BrNO3/c1-3-25-18-10-9-15(13-19(18)24-2)20(23)22-11-5-8-17(22)14-6-4-7-16(21)12-14/h4,6-7,9-10,12-13,17H,3,5,8,11H2,1-2H3. The van der Waals surface area contributed by atoms with Crippen molar-refractivity contribution >= 4 is 21.8 Å². The van der Waals surface area contributed by atoms with Crippen LogP contribution in [0.5, 0.6) is 11.5 Å². The summed E-state index contributed by atoms with van der Waals surface area (Å²) in [7, 11) is 1.59. The zero-order valence-electron chi connectivity index (χ0n) is 14.5. The number of carbonyl (C=O) groups excluding carboxylic acids is 1. The molecule has 0 N–H and O–H groups in total. The monoisotopic (exact) mass is 403 g/mol. The first kappa shape index (κ1) is 17.8. The van der Waals surface area contributed by atoms with E-state index < -0.39 is 0 Å². The molecular weight excluding hydrogens is 382 g/mol. The van der Waals surface area contributed by atoms with Gasteiger partial charge in [-0.05, 0) is 55.7 Å². The fourth-order valence-corrected chi connectivity index (χ4v) is 3.73. The van der Waals surface area contributed by atoms with Gasteiger partial charge in [-0.3, -0.25) is 4.79 Å². The van der Waals surface area contributed by atoms with E-state index in [-0.39, 0.29) is 11.9 Å². The lowest BCUT2D eigenvalue weighted by atomic mass is 10.0. The summed E-state index contributed by atoms with van der Waals surface area (Å²) >= 11 is 3.52. The molecule has 1 atom stereocenters. The number of hydrogen-bond donors (Lipinski definition) is 0. The van der Waals surface area contributed by atoms with Gasteiger partial charge in [0.05, 0.1) is 19.8 Å². The summed E-state index contributed by atoms with van der Waals surface area (Å²) in [5.74, 6) is 1.28. The van der Waals surface area contributed by atoms with Crippen molar-refractivity contribution in [1.29, 1.82) is 0 Å². The Morgan fingerprint density at radius 3 is 2.80 bits per heavy atom. The molecule has 2 aromatic carbocycles. The Kier molecular flexibility index (Phi) is 5.63. The van der Waals surface area contributed by atoms with Crippen molar-refractivity contribution in [3.8, 4) is 11.5 Å². The zero-order valence-corrected chi connectivity index (χ0v) is 16.1. The number of carbonyl (C=O) groups is 1. The van der Waals surface area contributed by atoms with E-state index in [4.69, 9.17) is 9.47 Å². The topological polar surface area (TPSA) is 38.8 Å². The maximum atomic E-state index is 13.1. The third kappa shape index (κ3) is 3.82. The highest BCUT2D eigenvalue weighted by atomic mass is 79.9. The first-order valence-corrected chi connectivity index (χ1v) is 9.30. The molecule has 1 unspecified atom stereocenters. The second kappa shape index (κ2) is 7.91. The van der Waals surface area contributed by atoms with Crippen LogP contribution in [0.1, 0.15) is 41.7 Å². The van der Waals surface area contributed by atoms with Crippen LogP contribution in [-0.2, 0) is 0 Å². The number of amides is 1. The molecule has 0 bridgehead atoms. The van der Waals surface area contributed by atoms with E-state index in [1.807, 2.05) is 30.0 Å². The largest absolute Gasteiger partial charge is 0.493 e. The van der Waals surface area contributed by atoms with Crippen LogP contribution in [0.4, 0.5) is 0 Å². The molecule has 1 fully saturated rings. The van der Waals surface area contributed by atoms with Crippen LogP contribution in [0, 0.1) is 0 Å². The van der Waals surface area contributed by atoms with Gasteiger partial charge in [-0.25, -0.2) is 0 Å². The SMILES string of the molecule is CCOc1ccc(C(=O)N2CCCC2c2cccc(Br)c2)cc1OC. The quantitative estimate of drug-likeness (QED) is 0.716. The number of likely N-dealkylation sites (tertiary alicyclic amines) is 1. The molecule has 0 saturated carbocycles. The van der Waals surface area contributed by atoms with Crippen molar-refractivity contribution in [2.45, 2.75) is 25.8 Å². The molecule has 1 aliphatic heterocycles. The Labute approximate surface area is 156 Å².